The summed E-state index contributed by atoms with van der Waals surface area (Å²) in [5.74, 6) is 0.386. The second-order valence-corrected chi connectivity index (χ2v) is 14.5. The van der Waals surface area contributed by atoms with Crippen LogP contribution >= 0.6 is 0 Å². The minimum Gasteiger partial charge on any atom is -0.488 e. The van der Waals surface area contributed by atoms with E-state index in [1.807, 2.05) is 89.2 Å². The van der Waals surface area contributed by atoms with E-state index in [1.165, 1.54) is 0 Å². The average molecular weight is 633 g/mol. The summed E-state index contributed by atoms with van der Waals surface area (Å²) in [4.78, 5) is 53.1. The zero-order chi connectivity index (χ0) is 34.7. The molecule has 0 bridgehead atoms. The Balaban J connectivity index is 2.34. The largest absolute Gasteiger partial charge is 0.488 e. The first-order valence-corrected chi connectivity index (χ1v) is 15.9. The molecule has 0 spiro atoms. The average Bonchev–Trinajstić information content (AvgIpc) is 2.93. The Hall–Kier alpha value is -3.96. The fourth-order valence-electron chi connectivity index (χ4n) is 5.16. The summed E-state index contributed by atoms with van der Waals surface area (Å²) >= 11 is 0. The molecule has 0 aliphatic rings. The summed E-state index contributed by atoms with van der Waals surface area (Å²) in [5.41, 5.74) is 5.86. The molecule has 0 aliphatic carbocycles. The number of hydrogen-bond acceptors (Lipinski definition) is 7. The van der Waals surface area contributed by atoms with Gasteiger partial charge in [0, 0.05) is 36.6 Å². The molecular formula is C38H52N2O6. The maximum atomic E-state index is 14.0. The molecule has 0 aromatic heterocycles. The number of carbonyl (C=O) groups excluding carboxylic acids is 4. The zero-order valence-electron chi connectivity index (χ0n) is 28.8. The van der Waals surface area contributed by atoms with Crippen LogP contribution < -0.4 is 15.8 Å². The number of Topliss-reactive ketones (excluding diaryl/α,β-unsaturated/α-hetero) is 2. The number of ketones is 2. The molecule has 0 fully saturated rings. The third-order valence-corrected chi connectivity index (χ3v) is 7.37. The van der Waals surface area contributed by atoms with Crippen LogP contribution in [-0.4, -0.2) is 46.2 Å². The molecule has 1 amide bonds. The molecule has 0 saturated carbocycles. The predicted octanol–water partition coefficient (Wildman–Crippen LogP) is 5.78. The van der Waals surface area contributed by atoms with Crippen molar-refractivity contribution in [3.8, 4) is 18.1 Å². The number of rotatable bonds is 16. The van der Waals surface area contributed by atoms with Gasteiger partial charge in [-0.3, -0.25) is 19.2 Å². The lowest BCUT2D eigenvalue weighted by atomic mass is 9.78. The number of ether oxygens (including phenoxy) is 2. The fourth-order valence-corrected chi connectivity index (χ4v) is 5.16. The van der Waals surface area contributed by atoms with Gasteiger partial charge in [-0.2, -0.15) is 0 Å². The highest BCUT2D eigenvalue weighted by Crippen LogP contribution is 2.27. The highest BCUT2D eigenvalue weighted by molar-refractivity contribution is 5.92. The van der Waals surface area contributed by atoms with Crippen molar-refractivity contribution >= 4 is 23.4 Å². The first-order valence-electron chi connectivity index (χ1n) is 15.9. The van der Waals surface area contributed by atoms with E-state index >= 15 is 0 Å². The molecule has 0 radical (unpaired) electrons. The molecular weight excluding hydrogens is 580 g/mol. The lowest BCUT2D eigenvalue weighted by Crippen LogP contribution is -2.54. The quantitative estimate of drug-likeness (QED) is 0.178. The van der Waals surface area contributed by atoms with Crippen molar-refractivity contribution in [2.45, 2.75) is 117 Å². The Morgan fingerprint density at radius 2 is 1.39 bits per heavy atom. The molecule has 0 saturated heterocycles. The van der Waals surface area contributed by atoms with E-state index in [9.17, 15) is 19.2 Å². The first kappa shape index (κ1) is 38.2. The highest BCUT2D eigenvalue weighted by Gasteiger charge is 2.38. The van der Waals surface area contributed by atoms with Gasteiger partial charge in [0.1, 0.15) is 22.7 Å². The second kappa shape index (κ2) is 16.6. The van der Waals surface area contributed by atoms with E-state index in [0.717, 1.165) is 11.1 Å². The van der Waals surface area contributed by atoms with Gasteiger partial charge in [-0.15, -0.1) is 12.3 Å². The summed E-state index contributed by atoms with van der Waals surface area (Å²) in [6.07, 6.45) is 6.10. The topological polar surface area (TPSA) is 125 Å². The maximum absolute atomic E-state index is 14.0. The van der Waals surface area contributed by atoms with E-state index < -0.39 is 40.8 Å². The lowest BCUT2D eigenvalue weighted by Gasteiger charge is -2.36. The lowest BCUT2D eigenvalue weighted by molar-refractivity contribution is -0.156. The van der Waals surface area contributed by atoms with Gasteiger partial charge < -0.3 is 20.5 Å². The molecule has 0 unspecified atom stereocenters. The monoisotopic (exact) mass is 632 g/mol. The Kier molecular flexibility index (Phi) is 13.8. The fraction of sp³-hybridized carbons (Fsp3) is 0.526. The van der Waals surface area contributed by atoms with E-state index in [2.05, 4.69) is 11.2 Å². The van der Waals surface area contributed by atoms with Crippen LogP contribution in [0.25, 0.3) is 0 Å². The van der Waals surface area contributed by atoms with Crippen LogP contribution in [0.3, 0.4) is 0 Å². The molecule has 0 heterocycles. The van der Waals surface area contributed by atoms with Gasteiger partial charge in [-0.25, -0.2) is 0 Å². The van der Waals surface area contributed by atoms with E-state index in [-0.39, 0.29) is 43.0 Å². The van der Waals surface area contributed by atoms with Gasteiger partial charge in [-0.1, -0.05) is 42.5 Å². The number of terminal acetylenes is 1. The number of esters is 1. The molecule has 2 rings (SSSR count). The molecule has 0 aliphatic heterocycles. The third-order valence-electron chi connectivity index (χ3n) is 7.37. The van der Waals surface area contributed by atoms with Crippen molar-refractivity contribution in [2.75, 3.05) is 0 Å². The van der Waals surface area contributed by atoms with Crippen LogP contribution in [-0.2, 0) is 36.8 Å². The summed E-state index contributed by atoms with van der Waals surface area (Å²) in [6, 6.07) is 15.9. The van der Waals surface area contributed by atoms with Crippen molar-refractivity contribution in [3.05, 3.63) is 65.7 Å². The molecule has 3 N–H and O–H groups in total. The Morgan fingerprint density at radius 3 is 1.93 bits per heavy atom. The van der Waals surface area contributed by atoms with E-state index in [4.69, 9.17) is 21.6 Å². The highest BCUT2D eigenvalue weighted by atomic mass is 16.6. The van der Waals surface area contributed by atoms with E-state index in [1.54, 1.807) is 20.8 Å². The van der Waals surface area contributed by atoms with Gasteiger partial charge in [0.05, 0.1) is 12.5 Å². The predicted molar refractivity (Wildman–Crippen MR) is 181 cm³/mol. The van der Waals surface area contributed by atoms with Gasteiger partial charge in [0.25, 0.3) is 0 Å². The van der Waals surface area contributed by atoms with Gasteiger partial charge in [-0.05, 0) is 91.5 Å². The standard InChI is InChI=1S/C38H52N2O6/c1-10-11-17-32(41)30(23-26-15-13-12-14-16-26)38(8,9)40-35(44)28(22-27-18-20-29(21-19-27)45-36(2,3)4)24-33(42)31(39)25-34(43)46-37(5,6)7/h1,12-16,18-21,28,30-31H,11,17,22-25,39H2,2-9H3,(H,40,44)/t28-,30+,31+/m1/s1. The van der Waals surface area contributed by atoms with Crippen molar-refractivity contribution in [1.29, 1.82) is 0 Å². The number of nitrogens with two attached hydrogens (primary N) is 1. The summed E-state index contributed by atoms with van der Waals surface area (Å²) in [7, 11) is 0. The first-order chi connectivity index (χ1) is 21.3. The normalized spacial score (nSPS) is 13.9. The Labute approximate surface area is 275 Å². The summed E-state index contributed by atoms with van der Waals surface area (Å²) < 4.78 is 11.3. The number of carbonyl (C=O) groups is 4. The van der Waals surface area contributed by atoms with Crippen LogP contribution in [0.1, 0.15) is 92.2 Å². The minimum atomic E-state index is -1.13. The van der Waals surface area contributed by atoms with Gasteiger partial charge in [0.2, 0.25) is 5.91 Å². The number of amides is 1. The minimum absolute atomic E-state index is 0.0476. The number of benzene rings is 2. The van der Waals surface area contributed by atoms with Gasteiger partial charge >= 0.3 is 5.97 Å². The third kappa shape index (κ3) is 13.6. The van der Waals surface area contributed by atoms with Crippen LogP contribution in [0.5, 0.6) is 5.75 Å². The molecule has 2 aromatic carbocycles. The molecule has 8 heteroatoms. The van der Waals surface area contributed by atoms with Crippen molar-refractivity contribution in [1.82, 2.24) is 5.32 Å². The molecule has 3 atom stereocenters. The Morgan fingerprint density at radius 1 is 0.804 bits per heavy atom. The van der Waals surface area contributed by atoms with Crippen LogP contribution in [0.2, 0.25) is 0 Å². The maximum Gasteiger partial charge on any atom is 0.308 e. The van der Waals surface area contributed by atoms with Crippen molar-refractivity contribution in [3.63, 3.8) is 0 Å². The van der Waals surface area contributed by atoms with Crippen LogP contribution in [0, 0.1) is 24.2 Å². The van der Waals surface area contributed by atoms with Gasteiger partial charge in [0.15, 0.2) is 5.78 Å². The molecule has 8 nitrogen and oxygen atoms in total. The van der Waals surface area contributed by atoms with Crippen molar-refractivity contribution in [2.24, 2.45) is 17.6 Å². The second-order valence-electron chi connectivity index (χ2n) is 14.5. The van der Waals surface area contributed by atoms with Crippen LogP contribution in [0.15, 0.2) is 54.6 Å². The SMILES string of the molecule is C#CCCC(=O)[C@H](Cc1ccccc1)C(C)(C)NC(=O)[C@@H](CC(=O)[C@@H](N)CC(=O)OC(C)(C)C)Cc1ccc(OC(C)(C)C)cc1. The van der Waals surface area contributed by atoms with Crippen LogP contribution in [0.4, 0.5) is 0 Å². The molecule has 46 heavy (non-hydrogen) atoms. The molecule has 2 aromatic rings. The summed E-state index contributed by atoms with van der Waals surface area (Å²) in [5, 5.41) is 3.09. The zero-order valence-corrected chi connectivity index (χ0v) is 28.8. The summed E-state index contributed by atoms with van der Waals surface area (Å²) in [6.45, 7) is 14.7. The Bertz CT molecular complexity index is 1360. The van der Waals surface area contributed by atoms with E-state index in [0.29, 0.717) is 18.6 Å². The molecule has 250 valence electrons. The number of nitrogens with one attached hydrogen (secondary N) is 1. The number of hydrogen-bond donors (Lipinski definition) is 2. The smallest absolute Gasteiger partial charge is 0.308 e. The van der Waals surface area contributed by atoms with Crippen molar-refractivity contribution < 1.29 is 28.7 Å².